The number of hydrogen-bond donors (Lipinski definition) is 1. The molecule has 2 aliphatic rings. The van der Waals surface area contributed by atoms with Gasteiger partial charge < -0.3 is 9.73 Å². The number of rotatable bonds is 5. The van der Waals surface area contributed by atoms with Crippen LogP contribution in [0.4, 0.5) is 0 Å². The van der Waals surface area contributed by atoms with Gasteiger partial charge in [0.2, 0.25) is 0 Å². The summed E-state index contributed by atoms with van der Waals surface area (Å²) in [7, 11) is 0. The van der Waals surface area contributed by atoms with Crippen LogP contribution in [0.3, 0.4) is 0 Å². The van der Waals surface area contributed by atoms with Crippen LogP contribution in [0.1, 0.15) is 38.4 Å². The van der Waals surface area contributed by atoms with Gasteiger partial charge in [-0.05, 0) is 63.7 Å². The maximum atomic E-state index is 5.43. The molecule has 3 nitrogen and oxygen atoms in total. The lowest BCUT2D eigenvalue weighted by molar-refractivity contribution is 0.189. The number of aryl methyl sites for hydroxylation is 1. The van der Waals surface area contributed by atoms with Crippen molar-refractivity contribution in [1.29, 1.82) is 0 Å². The van der Waals surface area contributed by atoms with Crippen molar-refractivity contribution < 1.29 is 4.42 Å². The van der Waals surface area contributed by atoms with E-state index in [1.807, 2.05) is 6.07 Å². The van der Waals surface area contributed by atoms with Gasteiger partial charge in [-0.3, -0.25) is 4.90 Å². The summed E-state index contributed by atoms with van der Waals surface area (Å²) in [6.45, 7) is 6.06. The molecule has 0 bridgehead atoms. The zero-order valence-corrected chi connectivity index (χ0v) is 12.0. The molecule has 1 N–H and O–H groups in total. The summed E-state index contributed by atoms with van der Waals surface area (Å²) in [5.41, 5.74) is 0. The average molecular weight is 262 g/mol. The minimum absolute atomic E-state index is 0.659. The third-order valence-electron chi connectivity index (χ3n) is 4.66. The van der Waals surface area contributed by atoms with Crippen molar-refractivity contribution in [3.8, 4) is 0 Å². The van der Waals surface area contributed by atoms with E-state index in [4.69, 9.17) is 4.42 Å². The molecule has 0 spiro atoms. The molecule has 1 aliphatic heterocycles. The molecule has 1 saturated carbocycles. The highest BCUT2D eigenvalue weighted by Crippen LogP contribution is 2.33. The van der Waals surface area contributed by atoms with Crippen LogP contribution in [0, 0.1) is 5.92 Å². The zero-order chi connectivity index (χ0) is 13.1. The Kier molecular flexibility index (Phi) is 4.24. The molecular weight excluding hydrogens is 236 g/mol. The second-order valence-corrected chi connectivity index (χ2v) is 6.21. The molecule has 3 rings (SSSR count). The fraction of sp³-hybridized carbons (Fsp3) is 0.750. The fourth-order valence-corrected chi connectivity index (χ4v) is 3.18. The van der Waals surface area contributed by atoms with Crippen LogP contribution < -0.4 is 5.32 Å². The number of nitrogens with zero attached hydrogens (tertiary/aromatic N) is 1. The maximum Gasteiger partial charge on any atom is 0.103 e. The summed E-state index contributed by atoms with van der Waals surface area (Å²) in [4.78, 5) is 2.69. The van der Waals surface area contributed by atoms with Gasteiger partial charge in [-0.2, -0.15) is 0 Å². The molecule has 1 aromatic rings. The molecule has 1 aliphatic carbocycles. The summed E-state index contributed by atoms with van der Waals surface area (Å²) in [5, 5.41) is 3.74. The van der Waals surface area contributed by atoms with Gasteiger partial charge in [-0.25, -0.2) is 0 Å². The van der Waals surface area contributed by atoms with E-state index in [0.29, 0.717) is 6.04 Å². The molecule has 1 saturated heterocycles. The quantitative estimate of drug-likeness (QED) is 0.884. The van der Waals surface area contributed by atoms with Crippen LogP contribution >= 0.6 is 0 Å². The van der Waals surface area contributed by atoms with Gasteiger partial charge in [0.05, 0.1) is 6.26 Å². The van der Waals surface area contributed by atoms with Gasteiger partial charge in [0.15, 0.2) is 0 Å². The minimum atomic E-state index is 0.659. The Morgan fingerprint density at radius 2 is 2.37 bits per heavy atom. The van der Waals surface area contributed by atoms with E-state index in [-0.39, 0.29) is 0 Å². The molecule has 2 atom stereocenters. The van der Waals surface area contributed by atoms with Crippen molar-refractivity contribution in [2.75, 3.05) is 19.6 Å². The minimum Gasteiger partial charge on any atom is -0.469 e. The Morgan fingerprint density at radius 1 is 1.47 bits per heavy atom. The molecule has 1 aromatic heterocycles. The molecule has 0 amide bonds. The van der Waals surface area contributed by atoms with E-state index in [1.54, 1.807) is 6.26 Å². The first-order valence-electron chi connectivity index (χ1n) is 7.83. The molecule has 106 valence electrons. The van der Waals surface area contributed by atoms with Crippen molar-refractivity contribution in [3.05, 3.63) is 24.2 Å². The fourth-order valence-electron chi connectivity index (χ4n) is 3.18. The number of nitrogens with one attached hydrogen (secondary N) is 1. The third kappa shape index (κ3) is 3.61. The van der Waals surface area contributed by atoms with E-state index in [9.17, 15) is 0 Å². The Labute approximate surface area is 116 Å². The van der Waals surface area contributed by atoms with Gasteiger partial charge in [-0.1, -0.05) is 0 Å². The van der Waals surface area contributed by atoms with Gasteiger partial charge in [0.1, 0.15) is 5.76 Å². The van der Waals surface area contributed by atoms with Crippen LogP contribution in [-0.2, 0) is 6.42 Å². The highest BCUT2D eigenvalue weighted by Gasteiger charge is 2.33. The molecule has 2 heterocycles. The van der Waals surface area contributed by atoms with Gasteiger partial charge >= 0.3 is 0 Å². The maximum absolute atomic E-state index is 5.43. The third-order valence-corrected chi connectivity index (χ3v) is 4.66. The highest BCUT2D eigenvalue weighted by molar-refractivity contribution is 4.99. The monoisotopic (exact) mass is 262 g/mol. The van der Waals surface area contributed by atoms with Crippen LogP contribution in [0.5, 0.6) is 0 Å². The van der Waals surface area contributed by atoms with Crippen LogP contribution in [0.25, 0.3) is 0 Å². The van der Waals surface area contributed by atoms with Gasteiger partial charge in [-0.15, -0.1) is 0 Å². The topological polar surface area (TPSA) is 28.4 Å². The Morgan fingerprint density at radius 3 is 3.11 bits per heavy atom. The predicted octanol–water partition coefficient (Wildman–Crippen LogP) is 2.67. The summed E-state index contributed by atoms with van der Waals surface area (Å²) < 4.78 is 5.43. The molecule has 2 fully saturated rings. The van der Waals surface area contributed by atoms with Crippen molar-refractivity contribution in [2.45, 2.75) is 51.1 Å². The predicted molar refractivity (Wildman–Crippen MR) is 77.2 cm³/mol. The lowest BCUT2D eigenvalue weighted by atomic mass is 10.1. The van der Waals surface area contributed by atoms with Crippen molar-refractivity contribution in [2.24, 2.45) is 5.92 Å². The lowest BCUT2D eigenvalue weighted by Crippen LogP contribution is -2.42. The van der Waals surface area contributed by atoms with Gasteiger partial charge in [0.25, 0.3) is 0 Å². The molecule has 19 heavy (non-hydrogen) atoms. The first kappa shape index (κ1) is 13.2. The second-order valence-electron chi connectivity index (χ2n) is 6.21. The first-order valence-corrected chi connectivity index (χ1v) is 7.83. The number of hydrogen-bond acceptors (Lipinski definition) is 3. The molecular formula is C16H26N2O. The Bertz CT molecular complexity index is 372. The average Bonchev–Trinajstić information content (AvgIpc) is 3.17. The summed E-state index contributed by atoms with van der Waals surface area (Å²) in [6, 6.07) is 5.47. The normalized spacial score (nSPS) is 27.1. The van der Waals surface area contributed by atoms with Crippen LogP contribution in [-0.4, -0.2) is 36.6 Å². The Hall–Kier alpha value is -0.800. The SMILES string of the molecule is CC(CCc1ccco1)N1CCCNC(C2CC2)C1. The molecule has 0 aromatic carbocycles. The van der Waals surface area contributed by atoms with Crippen LogP contribution in [0.2, 0.25) is 0 Å². The molecule has 2 unspecified atom stereocenters. The standard InChI is InChI=1S/C16H26N2O/c1-13(5-8-15-4-2-11-19-15)18-10-3-9-17-16(12-18)14-6-7-14/h2,4,11,13-14,16-17H,3,5-10,12H2,1H3. The van der Waals surface area contributed by atoms with E-state index in [1.165, 1.54) is 45.3 Å². The van der Waals surface area contributed by atoms with Gasteiger partial charge in [0, 0.05) is 25.0 Å². The Balaban J connectivity index is 1.50. The van der Waals surface area contributed by atoms with E-state index in [2.05, 4.69) is 23.2 Å². The van der Waals surface area contributed by atoms with Crippen LogP contribution in [0.15, 0.2) is 22.8 Å². The van der Waals surface area contributed by atoms with Crippen molar-refractivity contribution >= 4 is 0 Å². The van der Waals surface area contributed by atoms with E-state index in [0.717, 1.165) is 24.1 Å². The van der Waals surface area contributed by atoms with E-state index < -0.39 is 0 Å². The van der Waals surface area contributed by atoms with E-state index >= 15 is 0 Å². The van der Waals surface area contributed by atoms with Crippen molar-refractivity contribution in [1.82, 2.24) is 10.2 Å². The first-order chi connectivity index (χ1) is 9.33. The summed E-state index contributed by atoms with van der Waals surface area (Å²) in [6.07, 6.45) is 8.20. The molecule has 3 heteroatoms. The second kappa shape index (κ2) is 6.10. The molecule has 0 radical (unpaired) electrons. The van der Waals surface area contributed by atoms with Crippen molar-refractivity contribution in [3.63, 3.8) is 0 Å². The lowest BCUT2D eigenvalue weighted by Gasteiger charge is -2.30. The zero-order valence-electron chi connectivity index (χ0n) is 12.0. The smallest absolute Gasteiger partial charge is 0.103 e. The highest BCUT2D eigenvalue weighted by atomic mass is 16.3. The summed E-state index contributed by atoms with van der Waals surface area (Å²) in [5.74, 6) is 2.08. The largest absolute Gasteiger partial charge is 0.469 e. The summed E-state index contributed by atoms with van der Waals surface area (Å²) >= 11 is 0. The number of furan rings is 1.